The summed E-state index contributed by atoms with van der Waals surface area (Å²) in [7, 11) is 0. The Morgan fingerprint density at radius 3 is 2.12 bits per heavy atom. The van der Waals surface area contributed by atoms with Crippen molar-refractivity contribution in [1.29, 1.82) is 0 Å². The summed E-state index contributed by atoms with van der Waals surface area (Å²) in [4.78, 5) is 63.1. The van der Waals surface area contributed by atoms with E-state index < -0.39 is 60.7 Å². The number of hydrogen-bond donors (Lipinski definition) is 8. The molecule has 0 spiro atoms. The highest BCUT2D eigenvalue weighted by molar-refractivity contribution is 7.98. The number of hydrogen-bond acceptors (Lipinski definition) is 8. The Balaban J connectivity index is 5.12. The first kappa shape index (κ1) is 28.9. The van der Waals surface area contributed by atoms with Gasteiger partial charge in [0.15, 0.2) is 5.96 Å². The second-order valence-electron chi connectivity index (χ2n) is 6.74. The molecule has 0 radical (unpaired) electrons. The van der Waals surface area contributed by atoms with Crippen LogP contribution in [0.2, 0.25) is 0 Å². The van der Waals surface area contributed by atoms with Crippen molar-refractivity contribution in [2.75, 3.05) is 25.1 Å². The van der Waals surface area contributed by atoms with Crippen LogP contribution in [0.4, 0.5) is 0 Å². The molecule has 0 aliphatic rings. The molecule has 3 unspecified atom stereocenters. The van der Waals surface area contributed by atoms with Crippen molar-refractivity contribution in [3.63, 3.8) is 0 Å². The van der Waals surface area contributed by atoms with Crippen LogP contribution < -0.4 is 38.9 Å². The molecule has 3 atom stereocenters. The van der Waals surface area contributed by atoms with Crippen LogP contribution in [0.5, 0.6) is 0 Å². The molecule has 12 N–H and O–H groups in total. The van der Waals surface area contributed by atoms with Gasteiger partial charge in [0.1, 0.15) is 18.6 Å². The predicted octanol–water partition coefficient (Wildman–Crippen LogP) is -3.83. The third kappa shape index (κ3) is 13.3. The second kappa shape index (κ2) is 15.7. The molecule has 0 aromatic rings. The zero-order chi connectivity index (χ0) is 24.7. The molecule has 0 rings (SSSR count). The molecule has 0 aromatic heterocycles. The van der Waals surface area contributed by atoms with Crippen molar-refractivity contribution in [3.8, 4) is 0 Å². The van der Waals surface area contributed by atoms with Gasteiger partial charge in [-0.3, -0.25) is 29.0 Å². The number of carbonyl (C=O) groups is 5. The van der Waals surface area contributed by atoms with Gasteiger partial charge in [0.05, 0.1) is 12.5 Å². The predicted molar refractivity (Wildman–Crippen MR) is 119 cm³/mol. The van der Waals surface area contributed by atoms with Crippen molar-refractivity contribution in [2.45, 2.75) is 43.8 Å². The summed E-state index contributed by atoms with van der Waals surface area (Å²) in [6.45, 7) is -0.363. The number of carbonyl (C=O) groups excluding carboxylic acids is 4. The number of aliphatic imine (C=N–C) groups is 1. The number of primary amides is 1. The first-order valence-electron chi connectivity index (χ1n) is 9.66. The maximum absolute atomic E-state index is 12.7. The highest BCUT2D eigenvalue weighted by Gasteiger charge is 2.29. The molecule has 0 aromatic carbocycles. The molecule has 15 heteroatoms. The van der Waals surface area contributed by atoms with Crippen molar-refractivity contribution in [1.82, 2.24) is 16.0 Å². The molecule has 0 aliphatic heterocycles. The van der Waals surface area contributed by atoms with E-state index in [1.807, 2.05) is 0 Å². The number of nitrogens with two attached hydrogens (primary N) is 4. The summed E-state index contributed by atoms with van der Waals surface area (Å²) in [5.41, 5.74) is 21.4. The lowest BCUT2D eigenvalue weighted by atomic mass is 10.1. The Labute approximate surface area is 189 Å². The minimum absolute atomic E-state index is 0.0929. The number of guanidine groups is 1. The number of rotatable bonds is 16. The molecular weight excluding hydrogens is 444 g/mol. The van der Waals surface area contributed by atoms with Crippen LogP contribution in [0.15, 0.2) is 4.99 Å². The number of nitrogens with zero attached hydrogens (tertiary/aromatic N) is 1. The van der Waals surface area contributed by atoms with Crippen LogP contribution in [0.1, 0.15) is 25.7 Å². The van der Waals surface area contributed by atoms with Crippen molar-refractivity contribution in [3.05, 3.63) is 0 Å². The molecule has 0 bridgehead atoms. The molecule has 32 heavy (non-hydrogen) atoms. The molecule has 0 saturated heterocycles. The molecule has 0 aliphatic carbocycles. The summed E-state index contributed by atoms with van der Waals surface area (Å²) in [5.74, 6) is -3.96. The maximum Gasteiger partial charge on any atom is 0.322 e. The lowest BCUT2D eigenvalue weighted by Gasteiger charge is -2.23. The summed E-state index contributed by atoms with van der Waals surface area (Å²) >= 11 is 1.41. The molecular formula is C17H32N8O6S. The fourth-order valence-electron chi connectivity index (χ4n) is 2.40. The molecule has 4 amide bonds. The van der Waals surface area contributed by atoms with Gasteiger partial charge in [0.25, 0.3) is 0 Å². The van der Waals surface area contributed by atoms with Gasteiger partial charge in [-0.2, -0.15) is 11.8 Å². The largest absolute Gasteiger partial charge is 0.480 e. The third-order valence-electron chi connectivity index (χ3n) is 4.00. The first-order chi connectivity index (χ1) is 15.0. The molecule has 14 nitrogen and oxygen atoms in total. The number of carboxylic acids is 1. The quantitative estimate of drug-likeness (QED) is 0.0611. The molecule has 182 valence electrons. The highest BCUT2D eigenvalue weighted by atomic mass is 32.2. The molecule has 0 fully saturated rings. The van der Waals surface area contributed by atoms with Crippen LogP contribution >= 0.6 is 11.8 Å². The van der Waals surface area contributed by atoms with Crippen LogP contribution in [0.25, 0.3) is 0 Å². The van der Waals surface area contributed by atoms with Gasteiger partial charge in [-0.15, -0.1) is 0 Å². The van der Waals surface area contributed by atoms with Gasteiger partial charge in [0.2, 0.25) is 23.6 Å². The van der Waals surface area contributed by atoms with Gasteiger partial charge < -0.3 is 44.0 Å². The minimum atomic E-state index is -1.37. The van der Waals surface area contributed by atoms with E-state index in [-0.39, 0.29) is 25.3 Å². The zero-order valence-corrected chi connectivity index (χ0v) is 18.7. The van der Waals surface area contributed by atoms with Crippen LogP contribution in [-0.4, -0.2) is 83.9 Å². The van der Waals surface area contributed by atoms with Crippen LogP contribution in [0.3, 0.4) is 0 Å². The summed E-state index contributed by atoms with van der Waals surface area (Å²) in [6.07, 6.45) is 2.07. The summed E-state index contributed by atoms with van der Waals surface area (Å²) in [6, 6.07) is -3.44. The number of nitrogens with one attached hydrogen (secondary N) is 3. The number of aliphatic carboxylic acids is 1. The maximum atomic E-state index is 12.7. The lowest BCUT2D eigenvalue weighted by molar-refractivity contribution is -0.138. The Bertz CT molecular complexity index is 701. The van der Waals surface area contributed by atoms with Crippen molar-refractivity contribution < 1.29 is 29.1 Å². The number of thioether (sulfide) groups is 1. The van der Waals surface area contributed by atoms with Gasteiger partial charge in [-0.1, -0.05) is 0 Å². The van der Waals surface area contributed by atoms with Crippen molar-refractivity contribution in [2.24, 2.45) is 27.9 Å². The lowest BCUT2D eigenvalue weighted by Crippen LogP contribution is -2.57. The van der Waals surface area contributed by atoms with Crippen molar-refractivity contribution >= 4 is 47.3 Å². The Morgan fingerprint density at radius 1 is 0.969 bits per heavy atom. The molecule has 0 heterocycles. The zero-order valence-electron chi connectivity index (χ0n) is 17.8. The number of carboxylic acid groups (broad SMARTS) is 1. The van der Waals surface area contributed by atoms with Gasteiger partial charge in [-0.05, 0) is 31.3 Å². The van der Waals surface area contributed by atoms with Crippen LogP contribution in [-0.2, 0) is 24.0 Å². The minimum Gasteiger partial charge on any atom is -0.480 e. The van der Waals surface area contributed by atoms with E-state index >= 15 is 0 Å². The monoisotopic (exact) mass is 476 g/mol. The summed E-state index contributed by atoms with van der Waals surface area (Å²) < 4.78 is 0. The first-order valence-corrected chi connectivity index (χ1v) is 11.1. The highest BCUT2D eigenvalue weighted by Crippen LogP contribution is 2.04. The van der Waals surface area contributed by atoms with E-state index in [2.05, 4.69) is 20.9 Å². The molecule has 0 saturated carbocycles. The standard InChI is InChI=1S/C17H32N8O6S/c1-32-6-4-10(15(30)23-8-13(27)28)24-16(31)11(7-12(19)26)25-14(29)9(18)3-2-5-22-17(20)21/h9-11H,2-8,18H2,1H3,(H2,19,26)(H,23,30)(H,24,31)(H,25,29)(H,27,28)(H4,20,21,22). The average molecular weight is 477 g/mol. The Kier molecular flexibility index (Phi) is 14.2. The topological polar surface area (TPSA) is 258 Å². The summed E-state index contributed by atoms with van der Waals surface area (Å²) in [5, 5.41) is 15.7. The van der Waals surface area contributed by atoms with Crippen LogP contribution in [0, 0.1) is 0 Å². The van der Waals surface area contributed by atoms with E-state index in [1.54, 1.807) is 6.26 Å². The Morgan fingerprint density at radius 2 is 1.59 bits per heavy atom. The normalized spacial score (nSPS) is 13.2. The van der Waals surface area contributed by atoms with E-state index in [1.165, 1.54) is 11.8 Å². The van der Waals surface area contributed by atoms with Gasteiger partial charge in [-0.25, -0.2) is 0 Å². The Hall–Kier alpha value is -3.07. The van der Waals surface area contributed by atoms with E-state index in [0.717, 1.165) is 0 Å². The van der Waals surface area contributed by atoms with Gasteiger partial charge in [0, 0.05) is 6.54 Å². The SMILES string of the molecule is CSCCC(NC(=O)C(CC(N)=O)NC(=O)C(N)CCCN=C(N)N)C(=O)NCC(=O)O. The van der Waals surface area contributed by atoms with Gasteiger partial charge >= 0.3 is 5.97 Å². The average Bonchev–Trinajstić information content (AvgIpc) is 2.70. The second-order valence-corrected chi connectivity index (χ2v) is 7.73. The fraction of sp³-hybridized carbons (Fsp3) is 0.647. The van der Waals surface area contributed by atoms with E-state index in [4.69, 9.17) is 28.0 Å². The van der Waals surface area contributed by atoms with E-state index in [0.29, 0.717) is 12.2 Å². The number of amides is 4. The van der Waals surface area contributed by atoms with E-state index in [9.17, 15) is 24.0 Å². The fourth-order valence-corrected chi connectivity index (χ4v) is 2.87. The smallest absolute Gasteiger partial charge is 0.322 e. The third-order valence-corrected chi connectivity index (χ3v) is 4.64.